The second kappa shape index (κ2) is 6.86. The Bertz CT molecular complexity index is 818. The van der Waals surface area contributed by atoms with Gasteiger partial charge in [-0.2, -0.15) is 0 Å². The van der Waals surface area contributed by atoms with Crippen molar-refractivity contribution in [3.05, 3.63) is 46.5 Å². The Labute approximate surface area is 139 Å². The number of ether oxygens (including phenoxy) is 1. The van der Waals surface area contributed by atoms with Crippen LogP contribution in [0.15, 0.2) is 39.7 Å². The monoisotopic (exact) mass is 329 g/mol. The molecule has 0 radical (unpaired) electrons. The van der Waals surface area contributed by atoms with E-state index in [0.29, 0.717) is 48.9 Å². The van der Waals surface area contributed by atoms with E-state index in [1.807, 2.05) is 0 Å². The van der Waals surface area contributed by atoms with E-state index in [-0.39, 0.29) is 17.8 Å². The number of carbonyl (C=O) groups excluding carboxylic acids is 2. The van der Waals surface area contributed by atoms with E-state index in [1.54, 1.807) is 36.1 Å². The largest absolute Gasteiger partial charge is 0.466 e. The molecule has 0 spiro atoms. The summed E-state index contributed by atoms with van der Waals surface area (Å²) in [5.74, 6) is -0.530. The second-order valence-corrected chi connectivity index (χ2v) is 5.80. The van der Waals surface area contributed by atoms with Gasteiger partial charge in [-0.1, -0.05) is 18.2 Å². The van der Waals surface area contributed by atoms with Crippen LogP contribution in [0, 0.1) is 5.92 Å². The van der Waals surface area contributed by atoms with Crippen molar-refractivity contribution in [3.8, 4) is 0 Å². The molecular formula is C18H19NO5. The number of amides is 1. The average Bonchev–Trinajstić information content (AvgIpc) is 2.62. The Balaban J connectivity index is 1.78. The highest BCUT2D eigenvalue weighted by Crippen LogP contribution is 2.23. The Hall–Kier alpha value is -2.63. The summed E-state index contributed by atoms with van der Waals surface area (Å²) in [5.41, 5.74) is -0.0806. The molecule has 126 valence electrons. The molecule has 1 aliphatic rings. The Kier molecular flexibility index (Phi) is 4.64. The Morgan fingerprint density at radius 2 is 1.88 bits per heavy atom. The molecule has 0 atom stereocenters. The first-order valence-corrected chi connectivity index (χ1v) is 8.08. The Morgan fingerprint density at radius 3 is 2.54 bits per heavy atom. The molecule has 2 aromatic rings. The maximum Gasteiger partial charge on any atom is 0.343 e. The average molecular weight is 329 g/mol. The highest BCUT2D eigenvalue weighted by atomic mass is 16.5. The van der Waals surface area contributed by atoms with Crippen molar-refractivity contribution in [2.75, 3.05) is 19.7 Å². The van der Waals surface area contributed by atoms with Crippen LogP contribution in [0.5, 0.6) is 0 Å². The van der Waals surface area contributed by atoms with Gasteiger partial charge in [0.2, 0.25) is 0 Å². The first-order valence-electron chi connectivity index (χ1n) is 8.08. The van der Waals surface area contributed by atoms with Gasteiger partial charge < -0.3 is 14.1 Å². The number of hydrogen-bond donors (Lipinski definition) is 0. The number of esters is 1. The molecule has 6 nitrogen and oxygen atoms in total. The molecule has 1 fully saturated rings. The summed E-state index contributed by atoms with van der Waals surface area (Å²) < 4.78 is 10.0. The van der Waals surface area contributed by atoms with Crippen LogP contribution < -0.4 is 5.63 Å². The molecule has 0 bridgehead atoms. The number of rotatable bonds is 3. The summed E-state index contributed by atoms with van der Waals surface area (Å²) in [7, 11) is 0. The number of fused-ring (bicyclic) bond motifs is 1. The van der Waals surface area contributed by atoms with Crippen molar-refractivity contribution in [2.45, 2.75) is 19.8 Å². The van der Waals surface area contributed by atoms with Crippen LogP contribution in [0.4, 0.5) is 0 Å². The number of hydrogen-bond acceptors (Lipinski definition) is 5. The summed E-state index contributed by atoms with van der Waals surface area (Å²) in [5, 5.41) is 0.982. The van der Waals surface area contributed by atoms with Crippen LogP contribution in [0.2, 0.25) is 0 Å². The standard InChI is InChI=1S/C18H19NO5/c1-2-23-17(21)12-7-9-19(10-8-12)16(20)15-11-24-18(22)14-6-4-3-5-13(14)15/h3-6,11-12H,2,7-10H2,1H3. The number of nitrogens with zero attached hydrogens (tertiary/aromatic N) is 1. The van der Waals surface area contributed by atoms with Crippen molar-refractivity contribution < 1.29 is 18.7 Å². The molecule has 1 saturated heterocycles. The quantitative estimate of drug-likeness (QED) is 0.807. The lowest BCUT2D eigenvalue weighted by molar-refractivity contribution is -0.149. The number of carbonyl (C=O) groups is 2. The van der Waals surface area contributed by atoms with Crippen LogP contribution in [0.3, 0.4) is 0 Å². The molecular weight excluding hydrogens is 310 g/mol. The maximum absolute atomic E-state index is 12.8. The predicted octanol–water partition coefficient (Wildman–Crippen LogP) is 2.21. The third-order valence-corrected chi connectivity index (χ3v) is 4.35. The van der Waals surface area contributed by atoms with E-state index < -0.39 is 5.63 Å². The minimum absolute atomic E-state index is 0.153. The van der Waals surface area contributed by atoms with Crippen LogP contribution in [0.1, 0.15) is 30.1 Å². The lowest BCUT2D eigenvalue weighted by Crippen LogP contribution is -2.40. The van der Waals surface area contributed by atoms with Gasteiger partial charge in [0.05, 0.1) is 23.5 Å². The van der Waals surface area contributed by atoms with Crippen molar-refractivity contribution in [1.29, 1.82) is 0 Å². The number of likely N-dealkylation sites (tertiary alicyclic amines) is 1. The van der Waals surface area contributed by atoms with Gasteiger partial charge in [-0.05, 0) is 25.8 Å². The van der Waals surface area contributed by atoms with Gasteiger partial charge in [0.25, 0.3) is 5.91 Å². The van der Waals surface area contributed by atoms with E-state index in [1.165, 1.54) is 6.26 Å². The van der Waals surface area contributed by atoms with Crippen molar-refractivity contribution >= 4 is 22.6 Å². The zero-order chi connectivity index (χ0) is 17.1. The Morgan fingerprint density at radius 1 is 1.21 bits per heavy atom. The fourth-order valence-corrected chi connectivity index (χ4v) is 3.05. The lowest BCUT2D eigenvalue weighted by atomic mass is 9.96. The van der Waals surface area contributed by atoms with Crippen LogP contribution in [-0.2, 0) is 9.53 Å². The normalized spacial score (nSPS) is 15.5. The van der Waals surface area contributed by atoms with Crippen molar-refractivity contribution in [2.24, 2.45) is 5.92 Å². The molecule has 1 amide bonds. The zero-order valence-corrected chi connectivity index (χ0v) is 13.5. The van der Waals surface area contributed by atoms with Crippen LogP contribution in [0.25, 0.3) is 10.8 Å². The minimum Gasteiger partial charge on any atom is -0.466 e. The number of piperidine rings is 1. The van der Waals surface area contributed by atoms with Gasteiger partial charge in [-0.25, -0.2) is 4.79 Å². The highest BCUT2D eigenvalue weighted by molar-refractivity contribution is 6.06. The zero-order valence-electron chi connectivity index (χ0n) is 13.5. The molecule has 24 heavy (non-hydrogen) atoms. The number of benzene rings is 1. The maximum atomic E-state index is 12.8. The first kappa shape index (κ1) is 16.2. The van der Waals surface area contributed by atoms with Crippen LogP contribution in [-0.4, -0.2) is 36.5 Å². The van der Waals surface area contributed by atoms with E-state index in [2.05, 4.69) is 0 Å². The van der Waals surface area contributed by atoms with Crippen molar-refractivity contribution in [1.82, 2.24) is 4.90 Å². The fraction of sp³-hybridized carbons (Fsp3) is 0.389. The molecule has 0 aliphatic carbocycles. The molecule has 2 heterocycles. The van der Waals surface area contributed by atoms with E-state index >= 15 is 0 Å². The third-order valence-electron chi connectivity index (χ3n) is 4.35. The molecule has 1 aromatic carbocycles. The summed E-state index contributed by atoms with van der Waals surface area (Å²) in [6.45, 7) is 3.11. The SMILES string of the molecule is CCOC(=O)C1CCN(C(=O)c2coc(=O)c3ccccc23)CC1. The molecule has 3 rings (SSSR count). The van der Waals surface area contributed by atoms with Crippen molar-refractivity contribution in [3.63, 3.8) is 0 Å². The molecule has 1 aromatic heterocycles. The topological polar surface area (TPSA) is 76.8 Å². The molecule has 0 N–H and O–H groups in total. The third kappa shape index (κ3) is 3.04. The van der Waals surface area contributed by atoms with E-state index in [4.69, 9.17) is 9.15 Å². The smallest absolute Gasteiger partial charge is 0.343 e. The molecule has 0 saturated carbocycles. The first-order chi connectivity index (χ1) is 11.6. The highest BCUT2D eigenvalue weighted by Gasteiger charge is 2.29. The van der Waals surface area contributed by atoms with Gasteiger partial charge >= 0.3 is 11.6 Å². The second-order valence-electron chi connectivity index (χ2n) is 5.80. The van der Waals surface area contributed by atoms with Gasteiger partial charge in [0, 0.05) is 18.5 Å². The summed E-state index contributed by atoms with van der Waals surface area (Å²) in [4.78, 5) is 38.0. The molecule has 6 heteroatoms. The summed E-state index contributed by atoms with van der Waals surface area (Å²) in [6.07, 6.45) is 2.39. The predicted molar refractivity (Wildman–Crippen MR) is 87.7 cm³/mol. The summed E-state index contributed by atoms with van der Waals surface area (Å²) in [6, 6.07) is 6.90. The summed E-state index contributed by atoms with van der Waals surface area (Å²) >= 11 is 0. The van der Waals surface area contributed by atoms with Gasteiger partial charge in [-0.15, -0.1) is 0 Å². The van der Waals surface area contributed by atoms with E-state index in [0.717, 1.165) is 0 Å². The van der Waals surface area contributed by atoms with Gasteiger partial charge in [0.15, 0.2) is 0 Å². The molecule has 0 unspecified atom stereocenters. The lowest BCUT2D eigenvalue weighted by Gasteiger charge is -2.31. The van der Waals surface area contributed by atoms with Crippen LogP contribution >= 0.6 is 0 Å². The van der Waals surface area contributed by atoms with Gasteiger partial charge in [-0.3, -0.25) is 9.59 Å². The van der Waals surface area contributed by atoms with Gasteiger partial charge in [0.1, 0.15) is 6.26 Å². The minimum atomic E-state index is -0.455. The van der Waals surface area contributed by atoms with E-state index in [9.17, 15) is 14.4 Å². The molecule has 1 aliphatic heterocycles. The fourth-order valence-electron chi connectivity index (χ4n) is 3.05.